The largest absolute Gasteiger partial charge is 0.367 e. The van der Waals surface area contributed by atoms with E-state index in [-0.39, 0.29) is 5.91 Å². The van der Waals surface area contributed by atoms with E-state index in [0.29, 0.717) is 12.1 Å². The lowest BCUT2D eigenvalue weighted by Gasteiger charge is -2.32. The molecule has 0 aliphatic carbocycles. The number of aryl methyl sites for hydroxylation is 2. The third-order valence-electron chi connectivity index (χ3n) is 6.57. The maximum atomic E-state index is 12.7. The van der Waals surface area contributed by atoms with Gasteiger partial charge in [-0.2, -0.15) is 0 Å². The van der Waals surface area contributed by atoms with Crippen molar-refractivity contribution >= 4 is 29.0 Å². The fourth-order valence-electron chi connectivity index (χ4n) is 4.52. The van der Waals surface area contributed by atoms with Crippen LogP contribution in [0.2, 0.25) is 5.02 Å². The van der Waals surface area contributed by atoms with Gasteiger partial charge in [0.1, 0.15) is 5.82 Å². The Morgan fingerprint density at radius 3 is 2.67 bits per heavy atom. The van der Waals surface area contributed by atoms with Crippen LogP contribution in [-0.4, -0.2) is 24.0 Å². The number of rotatable bonds is 6. The van der Waals surface area contributed by atoms with Gasteiger partial charge in [-0.25, -0.2) is 4.98 Å². The molecule has 0 unspecified atom stereocenters. The number of fused-ring (bicyclic) bond motifs is 1. The second kappa shape index (κ2) is 10.4. The van der Waals surface area contributed by atoms with Gasteiger partial charge in [0, 0.05) is 48.5 Å². The maximum Gasteiger partial charge on any atom is 0.251 e. The minimum absolute atomic E-state index is 0.0844. The molecule has 1 aromatic heterocycles. The van der Waals surface area contributed by atoms with E-state index in [1.165, 1.54) is 16.7 Å². The number of aromatic nitrogens is 1. The summed E-state index contributed by atoms with van der Waals surface area (Å²) < 4.78 is 0. The molecule has 5 rings (SSSR count). The summed E-state index contributed by atoms with van der Waals surface area (Å²) >= 11 is 6.26. The van der Waals surface area contributed by atoms with E-state index >= 15 is 0 Å². The van der Waals surface area contributed by atoms with Crippen molar-refractivity contribution in [1.82, 2.24) is 10.3 Å². The number of carbonyl (C=O) groups is 1. The standard InChI is InChI=1S/C30H29ClN4O/c1-20-4-3-5-22(14-20)17-34-30(36)24-9-7-23(8-10-24)25-16-28-29(33-18-25)32-12-13-35(28)19-26-15-27(31)11-6-21(26)2/h3-11,14-16,18H,12-13,17,19H2,1-2H3,(H,32,33)(H,34,36). The number of carbonyl (C=O) groups excluding carboxylic acids is 1. The summed E-state index contributed by atoms with van der Waals surface area (Å²) in [6.07, 6.45) is 1.88. The molecule has 5 nitrogen and oxygen atoms in total. The molecule has 4 aromatic rings. The van der Waals surface area contributed by atoms with Crippen LogP contribution in [0.5, 0.6) is 0 Å². The number of anilines is 2. The summed E-state index contributed by atoms with van der Waals surface area (Å²) in [5.74, 6) is 0.802. The molecule has 0 saturated heterocycles. The minimum atomic E-state index is -0.0844. The van der Waals surface area contributed by atoms with Gasteiger partial charge in [0.05, 0.1) is 5.69 Å². The molecule has 1 aliphatic heterocycles. The molecule has 0 radical (unpaired) electrons. The van der Waals surface area contributed by atoms with Gasteiger partial charge in [0.25, 0.3) is 5.91 Å². The first kappa shape index (κ1) is 23.9. The highest BCUT2D eigenvalue weighted by atomic mass is 35.5. The Morgan fingerprint density at radius 2 is 1.86 bits per heavy atom. The van der Waals surface area contributed by atoms with Crippen molar-refractivity contribution in [3.63, 3.8) is 0 Å². The van der Waals surface area contributed by atoms with Crippen molar-refractivity contribution < 1.29 is 4.79 Å². The van der Waals surface area contributed by atoms with E-state index in [1.54, 1.807) is 0 Å². The molecule has 182 valence electrons. The maximum absolute atomic E-state index is 12.7. The molecular weight excluding hydrogens is 468 g/mol. The highest BCUT2D eigenvalue weighted by Gasteiger charge is 2.20. The van der Waals surface area contributed by atoms with E-state index < -0.39 is 0 Å². The number of hydrogen-bond donors (Lipinski definition) is 2. The number of halogens is 1. The fourth-order valence-corrected chi connectivity index (χ4v) is 4.71. The zero-order valence-corrected chi connectivity index (χ0v) is 21.3. The van der Waals surface area contributed by atoms with Crippen LogP contribution in [0, 0.1) is 13.8 Å². The van der Waals surface area contributed by atoms with E-state index in [4.69, 9.17) is 16.6 Å². The van der Waals surface area contributed by atoms with E-state index in [1.807, 2.05) is 67.7 Å². The average Bonchev–Trinajstić information content (AvgIpc) is 2.89. The quantitative estimate of drug-likeness (QED) is 0.325. The molecule has 6 heteroatoms. The molecule has 36 heavy (non-hydrogen) atoms. The van der Waals surface area contributed by atoms with Crippen LogP contribution in [-0.2, 0) is 13.1 Å². The summed E-state index contributed by atoms with van der Waals surface area (Å²) in [5.41, 5.74) is 8.44. The third kappa shape index (κ3) is 5.37. The number of nitrogens with zero attached hydrogens (tertiary/aromatic N) is 2. The van der Waals surface area contributed by atoms with Crippen LogP contribution in [0.1, 0.15) is 32.6 Å². The van der Waals surface area contributed by atoms with Gasteiger partial charge in [0.2, 0.25) is 0 Å². The molecular formula is C30H29ClN4O. The van der Waals surface area contributed by atoms with Gasteiger partial charge in [-0.3, -0.25) is 4.79 Å². The van der Waals surface area contributed by atoms with Gasteiger partial charge >= 0.3 is 0 Å². The predicted octanol–water partition coefficient (Wildman–Crippen LogP) is 6.38. The Balaban J connectivity index is 1.32. The monoisotopic (exact) mass is 496 g/mol. The van der Waals surface area contributed by atoms with Gasteiger partial charge in [-0.15, -0.1) is 0 Å². The van der Waals surface area contributed by atoms with E-state index in [2.05, 4.69) is 40.7 Å². The molecule has 0 atom stereocenters. The summed E-state index contributed by atoms with van der Waals surface area (Å²) in [4.78, 5) is 19.7. The molecule has 1 aliphatic rings. The lowest BCUT2D eigenvalue weighted by molar-refractivity contribution is 0.0951. The second-order valence-electron chi connectivity index (χ2n) is 9.26. The highest BCUT2D eigenvalue weighted by molar-refractivity contribution is 6.30. The topological polar surface area (TPSA) is 57.3 Å². The molecule has 0 fully saturated rings. The average molecular weight is 497 g/mol. The van der Waals surface area contributed by atoms with E-state index in [9.17, 15) is 4.79 Å². The van der Waals surface area contributed by atoms with Crippen molar-refractivity contribution in [2.75, 3.05) is 23.3 Å². The van der Waals surface area contributed by atoms with Gasteiger partial charge < -0.3 is 15.5 Å². The van der Waals surface area contributed by atoms with Crippen molar-refractivity contribution in [3.05, 3.63) is 112 Å². The number of amides is 1. The normalized spacial score (nSPS) is 12.6. The first-order valence-corrected chi connectivity index (χ1v) is 12.5. The van der Waals surface area contributed by atoms with Crippen LogP contribution in [0.4, 0.5) is 11.5 Å². The number of benzene rings is 3. The number of nitrogens with one attached hydrogen (secondary N) is 2. The van der Waals surface area contributed by atoms with Crippen molar-refractivity contribution in [2.24, 2.45) is 0 Å². The Morgan fingerprint density at radius 1 is 1.03 bits per heavy atom. The smallest absolute Gasteiger partial charge is 0.251 e. The second-order valence-corrected chi connectivity index (χ2v) is 9.70. The Bertz CT molecular complexity index is 1400. The first-order chi connectivity index (χ1) is 17.5. The Kier molecular flexibility index (Phi) is 6.92. The summed E-state index contributed by atoms with van der Waals surface area (Å²) in [7, 11) is 0. The van der Waals surface area contributed by atoms with E-state index in [0.717, 1.165) is 52.9 Å². The highest BCUT2D eigenvalue weighted by Crippen LogP contribution is 2.33. The SMILES string of the molecule is Cc1cccc(CNC(=O)c2ccc(-c3cnc4c(c3)N(Cc3cc(Cl)ccc3C)CCN4)cc2)c1. The van der Waals surface area contributed by atoms with Crippen LogP contribution >= 0.6 is 11.6 Å². The Hall–Kier alpha value is -3.83. The molecule has 0 saturated carbocycles. The molecule has 2 N–H and O–H groups in total. The fraction of sp³-hybridized carbons (Fsp3) is 0.200. The first-order valence-electron chi connectivity index (χ1n) is 12.1. The number of pyridine rings is 1. The molecule has 0 bridgehead atoms. The lowest BCUT2D eigenvalue weighted by Crippen LogP contribution is -2.34. The number of hydrogen-bond acceptors (Lipinski definition) is 4. The van der Waals surface area contributed by atoms with Gasteiger partial charge in [0.15, 0.2) is 0 Å². The van der Waals surface area contributed by atoms with Crippen molar-refractivity contribution in [3.8, 4) is 11.1 Å². The van der Waals surface area contributed by atoms with Crippen LogP contribution in [0.3, 0.4) is 0 Å². The van der Waals surface area contributed by atoms with Crippen molar-refractivity contribution in [1.29, 1.82) is 0 Å². The molecule has 1 amide bonds. The molecule has 3 aromatic carbocycles. The third-order valence-corrected chi connectivity index (χ3v) is 6.81. The lowest BCUT2D eigenvalue weighted by atomic mass is 10.0. The van der Waals surface area contributed by atoms with Crippen LogP contribution in [0.25, 0.3) is 11.1 Å². The van der Waals surface area contributed by atoms with Gasteiger partial charge in [-0.05, 0) is 66.4 Å². The van der Waals surface area contributed by atoms with Crippen LogP contribution < -0.4 is 15.5 Å². The predicted molar refractivity (Wildman–Crippen MR) is 148 cm³/mol. The van der Waals surface area contributed by atoms with Crippen LogP contribution in [0.15, 0.2) is 79.0 Å². The Labute approximate surface area is 217 Å². The molecule has 2 heterocycles. The van der Waals surface area contributed by atoms with Crippen molar-refractivity contribution in [2.45, 2.75) is 26.9 Å². The molecule has 0 spiro atoms. The summed E-state index contributed by atoms with van der Waals surface area (Å²) in [6, 6.07) is 24.0. The zero-order chi connectivity index (χ0) is 25.1. The summed E-state index contributed by atoms with van der Waals surface area (Å²) in [6.45, 7) is 7.16. The summed E-state index contributed by atoms with van der Waals surface area (Å²) in [5, 5.41) is 7.16. The zero-order valence-electron chi connectivity index (χ0n) is 20.5. The minimum Gasteiger partial charge on any atom is -0.367 e. The van der Waals surface area contributed by atoms with Gasteiger partial charge in [-0.1, -0.05) is 59.6 Å².